The molecule has 2 aromatic heterocycles. The number of thiocarbonyl (C=S) groups is 1. The van der Waals surface area contributed by atoms with Crippen molar-refractivity contribution in [1.82, 2.24) is 14.6 Å². The molecule has 0 amide bonds. The molecule has 1 atom stereocenters. The monoisotopic (exact) mass is 431 g/mol. The van der Waals surface area contributed by atoms with Gasteiger partial charge in [-0.15, -0.1) is 5.10 Å². The third-order valence-corrected chi connectivity index (χ3v) is 5.46. The Morgan fingerprint density at radius 1 is 1.38 bits per heavy atom. The molecule has 3 heterocycles. The third kappa shape index (κ3) is 8.03. The highest BCUT2D eigenvalue weighted by Gasteiger charge is 2.23. The lowest BCUT2D eigenvalue weighted by atomic mass is 10.4. The van der Waals surface area contributed by atoms with Gasteiger partial charge in [-0.05, 0) is 45.1 Å². The summed E-state index contributed by atoms with van der Waals surface area (Å²) in [6.07, 6.45) is 15.9. The highest BCUT2D eigenvalue weighted by molar-refractivity contribution is 7.99. The van der Waals surface area contributed by atoms with E-state index in [0.29, 0.717) is 15.9 Å². The second-order valence-corrected chi connectivity index (χ2v) is 7.88. The number of allylic oxidation sites excluding steroid dienone is 5. The number of fused-ring (bicyclic) bond motifs is 1. The summed E-state index contributed by atoms with van der Waals surface area (Å²) in [5.74, 6) is 0.958. The van der Waals surface area contributed by atoms with Crippen LogP contribution in [0.1, 0.15) is 39.3 Å². The van der Waals surface area contributed by atoms with E-state index in [4.69, 9.17) is 18.0 Å². The molecular weight excluding hydrogens is 398 g/mol. The molecule has 0 saturated carbocycles. The van der Waals surface area contributed by atoms with Crippen LogP contribution in [0.2, 0.25) is 0 Å². The number of thioether (sulfide) groups is 1. The fourth-order valence-corrected chi connectivity index (χ4v) is 3.51. The molecule has 2 aromatic rings. The van der Waals surface area contributed by atoms with E-state index in [2.05, 4.69) is 46.9 Å². The van der Waals surface area contributed by atoms with Crippen molar-refractivity contribution in [2.24, 2.45) is 5.73 Å². The van der Waals surface area contributed by atoms with Crippen LogP contribution >= 0.6 is 24.0 Å². The van der Waals surface area contributed by atoms with Crippen LogP contribution in [0.25, 0.3) is 5.65 Å². The Morgan fingerprint density at radius 2 is 2.14 bits per heavy atom. The quantitative estimate of drug-likeness (QED) is 0.407. The maximum atomic E-state index is 5.69. The van der Waals surface area contributed by atoms with E-state index >= 15 is 0 Å². The summed E-state index contributed by atoms with van der Waals surface area (Å²) >= 11 is 6.93. The molecule has 7 heteroatoms. The van der Waals surface area contributed by atoms with Crippen molar-refractivity contribution in [3.05, 3.63) is 61.0 Å². The molecule has 2 N–H and O–H groups in total. The fourth-order valence-electron chi connectivity index (χ4n) is 2.70. The molecule has 1 saturated heterocycles. The van der Waals surface area contributed by atoms with Crippen LogP contribution in [0, 0.1) is 0 Å². The van der Waals surface area contributed by atoms with Gasteiger partial charge in [0, 0.05) is 18.3 Å². The van der Waals surface area contributed by atoms with Gasteiger partial charge in [0.1, 0.15) is 16.5 Å². The largest absolute Gasteiger partial charge is 0.388 e. The molecule has 1 fully saturated rings. The van der Waals surface area contributed by atoms with Crippen LogP contribution in [0.5, 0.6) is 0 Å². The van der Waals surface area contributed by atoms with Crippen molar-refractivity contribution >= 4 is 40.4 Å². The first kappa shape index (κ1) is 24.9. The lowest BCUT2D eigenvalue weighted by Gasteiger charge is -2.17. The normalized spacial score (nSPS) is 15.9. The Kier molecular flexibility index (Phi) is 12.0. The van der Waals surface area contributed by atoms with Crippen molar-refractivity contribution in [2.45, 2.75) is 38.9 Å². The standard InChI is InChI=1S/C12H15N5S2.C5H10.C5H8/c1-19-8-4-5-16(7-8)11-3-2-10-14-6-9(12(13)18)17(10)15-11;2*1-3-5-4-2/h2-3,6,8H,4-5,7H2,1H3,(H2,13,18);3,5H,4H2,1-2H3;3-5H,1H2,2H3/b;5-3-;5-4-. The summed E-state index contributed by atoms with van der Waals surface area (Å²) in [6.45, 7) is 11.7. The molecule has 0 aromatic carbocycles. The lowest BCUT2D eigenvalue weighted by molar-refractivity contribution is 0.856. The van der Waals surface area contributed by atoms with Crippen LogP contribution < -0.4 is 10.6 Å². The predicted octanol–water partition coefficient (Wildman–Crippen LogP) is 5.03. The molecule has 1 aliphatic heterocycles. The summed E-state index contributed by atoms with van der Waals surface area (Å²) in [5, 5.41) is 5.30. The minimum atomic E-state index is 0.320. The molecule has 29 heavy (non-hydrogen) atoms. The molecule has 0 spiro atoms. The van der Waals surface area contributed by atoms with E-state index in [1.165, 1.54) is 6.42 Å². The number of nitrogens with zero attached hydrogens (tertiary/aromatic N) is 4. The molecule has 1 aliphatic rings. The van der Waals surface area contributed by atoms with E-state index in [9.17, 15) is 0 Å². The lowest BCUT2D eigenvalue weighted by Crippen LogP contribution is -2.23. The van der Waals surface area contributed by atoms with Gasteiger partial charge >= 0.3 is 0 Å². The third-order valence-electron chi connectivity index (χ3n) is 4.20. The fraction of sp³-hybridized carbons (Fsp3) is 0.409. The first-order valence-electron chi connectivity index (χ1n) is 9.79. The van der Waals surface area contributed by atoms with Gasteiger partial charge in [-0.25, -0.2) is 9.50 Å². The molecule has 0 radical (unpaired) electrons. The molecular formula is C22H33N5S2. The van der Waals surface area contributed by atoms with Gasteiger partial charge in [-0.3, -0.25) is 0 Å². The second-order valence-electron chi connectivity index (χ2n) is 6.30. The molecule has 1 unspecified atom stereocenters. The van der Waals surface area contributed by atoms with Crippen molar-refractivity contribution in [2.75, 3.05) is 24.2 Å². The Balaban J connectivity index is 0.000000353. The first-order chi connectivity index (χ1) is 14.0. The zero-order chi connectivity index (χ0) is 21.6. The number of anilines is 1. The first-order valence-corrected chi connectivity index (χ1v) is 11.5. The van der Waals surface area contributed by atoms with Gasteiger partial charge < -0.3 is 10.6 Å². The smallest absolute Gasteiger partial charge is 0.154 e. The molecule has 0 aliphatic carbocycles. The van der Waals surface area contributed by atoms with Crippen LogP contribution in [0.15, 0.2) is 55.3 Å². The maximum absolute atomic E-state index is 5.69. The summed E-state index contributed by atoms with van der Waals surface area (Å²) in [4.78, 5) is 6.86. The van der Waals surface area contributed by atoms with Gasteiger partial charge in [-0.1, -0.05) is 56.1 Å². The van der Waals surface area contributed by atoms with Gasteiger partial charge in [0.2, 0.25) is 0 Å². The van der Waals surface area contributed by atoms with E-state index < -0.39 is 0 Å². The average molecular weight is 432 g/mol. The van der Waals surface area contributed by atoms with E-state index in [1.54, 1.807) is 16.8 Å². The van der Waals surface area contributed by atoms with Crippen LogP contribution in [0.3, 0.4) is 0 Å². The van der Waals surface area contributed by atoms with Crippen LogP contribution in [0.4, 0.5) is 5.82 Å². The molecule has 3 rings (SSSR count). The summed E-state index contributed by atoms with van der Waals surface area (Å²) < 4.78 is 1.73. The Hall–Kier alpha value is -2.12. The number of rotatable bonds is 5. The minimum Gasteiger partial charge on any atom is -0.388 e. The molecule has 0 bridgehead atoms. The van der Waals surface area contributed by atoms with Crippen molar-refractivity contribution in [1.29, 1.82) is 0 Å². The van der Waals surface area contributed by atoms with Crippen molar-refractivity contribution in [3.8, 4) is 0 Å². The number of aromatic nitrogens is 3. The van der Waals surface area contributed by atoms with E-state index in [1.807, 2.05) is 49.9 Å². The topological polar surface area (TPSA) is 59.5 Å². The highest BCUT2D eigenvalue weighted by atomic mass is 32.2. The van der Waals surface area contributed by atoms with Crippen LogP contribution in [-0.4, -0.2) is 44.2 Å². The highest BCUT2D eigenvalue weighted by Crippen LogP contribution is 2.24. The van der Waals surface area contributed by atoms with Gasteiger partial charge in [-0.2, -0.15) is 11.8 Å². The Labute approximate surface area is 184 Å². The number of nitrogens with two attached hydrogens (primary N) is 1. The van der Waals surface area contributed by atoms with Gasteiger partial charge in [0.05, 0.1) is 6.20 Å². The van der Waals surface area contributed by atoms with Gasteiger partial charge in [0.15, 0.2) is 5.65 Å². The molecule has 158 valence electrons. The summed E-state index contributed by atoms with van der Waals surface area (Å²) in [5.41, 5.74) is 7.14. The van der Waals surface area contributed by atoms with E-state index in [-0.39, 0.29) is 0 Å². The number of hydrogen-bond acceptors (Lipinski definition) is 5. The Morgan fingerprint density at radius 3 is 2.59 bits per heavy atom. The Bertz CT molecular complexity index is 826. The minimum absolute atomic E-state index is 0.320. The number of imidazole rings is 1. The van der Waals surface area contributed by atoms with Crippen LogP contribution in [-0.2, 0) is 0 Å². The SMILES string of the molecule is C/C=C\CC.C=C/C=C\C.CSC1CCN(c2ccc3ncc(C(N)=S)n3n2)C1. The van der Waals surface area contributed by atoms with Crippen molar-refractivity contribution in [3.63, 3.8) is 0 Å². The zero-order valence-corrected chi connectivity index (χ0v) is 19.5. The molecule has 5 nitrogen and oxygen atoms in total. The zero-order valence-electron chi connectivity index (χ0n) is 17.9. The van der Waals surface area contributed by atoms with Gasteiger partial charge in [0.25, 0.3) is 0 Å². The summed E-state index contributed by atoms with van der Waals surface area (Å²) in [6, 6.07) is 3.96. The maximum Gasteiger partial charge on any atom is 0.154 e. The second kappa shape index (κ2) is 14.0. The average Bonchev–Trinajstić information content (AvgIpc) is 3.36. The predicted molar refractivity (Wildman–Crippen MR) is 133 cm³/mol. The summed E-state index contributed by atoms with van der Waals surface area (Å²) in [7, 11) is 0. The number of hydrogen-bond donors (Lipinski definition) is 1. The van der Waals surface area contributed by atoms with Crippen molar-refractivity contribution < 1.29 is 0 Å². The van der Waals surface area contributed by atoms with E-state index in [0.717, 1.165) is 31.0 Å².